The molecular formula is C19H19NO5. The van der Waals surface area contributed by atoms with Crippen LogP contribution < -0.4 is 18.9 Å². The molecule has 0 spiro atoms. The number of ether oxygens (including phenoxy) is 4. The van der Waals surface area contributed by atoms with Gasteiger partial charge in [0.05, 0.1) is 27.4 Å². The number of hydrogen-bond acceptors (Lipinski definition) is 5. The van der Waals surface area contributed by atoms with Crippen molar-refractivity contribution >= 4 is 5.91 Å². The predicted molar refractivity (Wildman–Crippen MR) is 91.2 cm³/mol. The van der Waals surface area contributed by atoms with Crippen molar-refractivity contribution in [2.24, 2.45) is 0 Å². The lowest BCUT2D eigenvalue weighted by molar-refractivity contribution is 0.0774. The van der Waals surface area contributed by atoms with Crippen LogP contribution in [-0.4, -0.2) is 39.2 Å². The van der Waals surface area contributed by atoms with Gasteiger partial charge in [-0.2, -0.15) is 0 Å². The van der Waals surface area contributed by atoms with Crippen molar-refractivity contribution in [1.82, 2.24) is 4.90 Å². The molecule has 0 aromatic heterocycles. The van der Waals surface area contributed by atoms with Crippen LogP contribution in [-0.2, 0) is 6.42 Å². The van der Waals surface area contributed by atoms with E-state index in [-0.39, 0.29) is 11.9 Å². The molecule has 6 nitrogen and oxygen atoms in total. The predicted octanol–water partition coefficient (Wildman–Crippen LogP) is 3.19. The fourth-order valence-corrected chi connectivity index (χ4v) is 3.65. The largest absolute Gasteiger partial charge is 0.493 e. The second kappa shape index (κ2) is 5.58. The second-order valence-corrected chi connectivity index (χ2v) is 6.09. The highest BCUT2D eigenvalue weighted by atomic mass is 16.5. The Kier molecular flexibility index (Phi) is 3.49. The molecule has 0 saturated heterocycles. The molecule has 1 atom stereocenters. The van der Waals surface area contributed by atoms with Gasteiger partial charge < -0.3 is 23.8 Å². The molecule has 6 heteroatoms. The van der Waals surface area contributed by atoms with Gasteiger partial charge in [-0.05, 0) is 18.2 Å². The van der Waals surface area contributed by atoms with E-state index in [4.69, 9.17) is 18.9 Å². The topological polar surface area (TPSA) is 57.2 Å². The van der Waals surface area contributed by atoms with Crippen LogP contribution in [0, 0.1) is 0 Å². The summed E-state index contributed by atoms with van der Waals surface area (Å²) in [5, 5.41) is 0. The van der Waals surface area contributed by atoms with Crippen molar-refractivity contribution in [3.63, 3.8) is 0 Å². The maximum absolute atomic E-state index is 12.6. The summed E-state index contributed by atoms with van der Waals surface area (Å²) < 4.78 is 22.7. The standard InChI is InChI=1S/C19H19NO5/c1-20-12-9-10-5-7-14(23-3)18(24-4)16(10)25-17-13(22-2)8-6-11(15(12)17)19(20)21/h5-8,12H,9H2,1-4H3/t12-/m0/s1. The number of methoxy groups -OCH3 is 3. The van der Waals surface area contributed by atoms with E-state index in [2.05, 4.69) is 0 Å². The van der Waals surface area contributed by atoms with E-state index in [9.17, 15) is 4.79 Å². The van der Waals surface area contributed by atoms with Gasteiger partial charge in [0.25, 0.3) is 5.91 Å². The van der Waals surface area contributed by atoms with Crippen LogP contribution >= 0.6 is 0 Å². The van der Waals surface area contributed by atoms with Gasteiger partial charge in [0, 0.05) is 30.2 Å². The minimum absolute atomic E-state index is 0.00331. The zero-order valence-corrected chi connectivity index (χ0v) is 14.6. The number of fused-ring (bicyclic) bond motifs is 1. The first-order valence-electron chi connectivity index (χ1n) is 8.00. The quantitative estimate of drug-likeness (QED) is 0.858. The van der Waals surface area contributed by atoms with Crippen molar-refractivity contribution in [2.75, 3.05) is 28.4 Å². The van der Waals surface area contributed by atoms with E-state index in [1.807, 2.05) is 19.2 Å². The van der Waals surface area contributed by atoms with Crippen LogP contribution in [0.5, 0.6) is 28.7 Å². The van der Waals surface area contributed by atoms with Gasteiger partial charge in [0.2, 0.25) is 5.75 Å². The molecule has 0 radical (unpaired) electrons. The molecule has 1 amide bonds. The molecule has 0 bridgehead atoms. The number of benzene rings is 2. The number of nitrogens with zero attached hydrogens (tertiary/aromatic N) is 1. The summed E-state index contributed by atoms with van der Waals surface area (Å²) >= 11 is 0. The Balaban J connectivity index is 1.99. The number of rotatable bonds is 3. The normalized spacial score (nSPS) is 17.4. The summed E-state index contributed by atoms with van der Waals surface area (Å²) in [6.45, 7) is 0. The minimum Gasteiger partial charge on any atom is -0.493 e. The summed E-state index contributed by atoms with van der Waals surface area (Å²) in [6, 6.07) is 7.26. The molecule has 2 aliphatic rings. The minimum atomic E-state index is -0.105. The van der Waals surface area contributed by atoms with Crippen LogP contribution in [0.2, 0.25) is 0 Å². The Morgan fingerprint density at radius 3 is 2.40 bits per heavy atom. The Morgan fingerprint density at radius 2 is 1.72 bits per heavy atom. The Hall–Kier alpha value is -2.89. The van der Waals surface area contributed by atoms with Crippen molar-refractivity contribution in [3.05, 3.63) is 41.0 Å². The number of likely N-dealkylation sites (N-methyl/N-ethyl adjacent to an activating group) is 1. The second-order valence-electron chi connectivity index (χ2n) is 6.09. The third-order valence-electron chi connectivity index (χ3n) is 4.93. The van der Waals surface area contributed by atoms with Crippen molar-refractivity contribution < 1.29 is 23.7 Å². The van der Waals surface area contributed by atoms with E-state index in [0.29, 0.717) is 40.7 Å². The molecule has 0 saturated carbocycles. The monoisotopic (exact) mass is 341 g/mol. The summed E-state index contributed by atoms with van der Waals surface area (Å²) in [4.78, 5) is 14.3. The SMILES string of the molecule is COc1ccc2c(c1OC)Oc1c(OC)ccc3c1[C@H](C2)N(C)C3=O. The summed E-state index contributed by atoms with van der Waals surface area (Å²) in [6.07, 6.45) is 0.630. The van der Waals surface area contributed by atoms with Gasteiger partial charge >= 0.3 is 0 Å². The Labute approximate surface area is 145 Å². The fourth-order valence-electron chi connectivity index (χ4n) is 3.65. The average molecular weight is 341 g/mol. The highest BCUT2D eigenvalue weighted by Gasteiger charge is 2.41. The maximum Gasteiger partial charge on any atom is 0.254 e. The lowest BCUT2D eigenvalue weighted by atomic mass is 9.97. The number of hydrogen-bond donors (Lipinski definition) is 0. The van der Waals surface area contributed by atoms with Gasteiger partial charge in [-0.1, -0.05) is 6.07 Å². The molecule has 4 rings (SSSR count). The van der Waals surface area contributed by atoms with E-state index in [0.717, 1.165) is 11.1 Å². The van der Waals surface area contributed by atoms with Crippen molar-refractivity contribution in [2.45, 2.75) is 12.5 Å². The van der Waals surface area contributed by atoms with Gasteiger partial charge in [-0.15, -0.1) is 0 Å². The zero-order chi connectivity index (χ0) is 17.7. The number of carbonyl (C=O) groups is 1. The van der Waals surface area contributed by atoms with Gasteiger partial charge in [-0.25, -0.2) is 0 Å². The third-order valence-corrected chi connectivity index (χ3v) is 4.93. The van der Waals surface area contributed by atoms with Gasteiger partial charge in [0.15, 0.2) is 23.0 Å². The Morgan fingerprint density at radius 1 is 1.00 bits per heavy atom. The van der Waals surface area contributed by atoms with E-state index in [1.54, 1.807) is 38.4 Å². The molecule has 2 aromatic rings. The van der Waals surface area contributed by atoms with Crippen molar-refractivity contribution in [1.29, 1.82) is 0 Å². The molecule has 2 aromatic carbocycles. The van der Waals surface area contributed by atoms with E-state index >= 15 is 0 Å². The van der Waals surface area contributed by atoms with Crippen LogP contribution in [0.3, 0.4) is 0 Å². The highest BCUT2D eigenvalue weighted by molar-refractivity contribution is 6.00. The zero-order valence-electron chi connectivity index (χ0n) is 14.6. The lowest BCUT2D eigenvalue weighted by Gasteiger charge is -2.20. The number of carbonyl (C=O) groups excluding carboxylic acids is 1. The van der Waals surface area contributed by atoms with Crippen LogP contribution in [0.15, 0.2) is 24.3 Å². The summed E-state index contributed by atoms with van der Waals surface area (Å²) in [5.41, 5.74) is 2.47. The first kappa shape index (κ1) is 15.6. The average Bonchev–Trinajstić information content (AvgIpc) is 2.79. The molecule has 0 unspecified atom stereocenters. The molecule has 0 aliphatic carbocycles. The van der Waals surface area contributed by atoms with Gasteiger partial charge in [0.1, 0.15) is 0 Å². The Bertz CT molecular complexity index is 877. The molecule has 2 heterocycles. The van der Waals surface area contributed by atoms with Crippen LogP contribution in [0.25, 0.3) is 0 Å². The summed E-state index contributed by atoms with van der Waals surface area (Å²) in [7, 11) is 6.58. The molecule has 0 fully saturated rings. The first-order chi connectivity index (χ1) is 12.1. The van der Waals surface area contributed by atoms with E-state index in [1.165, 1.54) is 0 Å². The van der Waals surface area contributed by atoms with Gasteiger partial charge in [-0.3, -0.25) is 4.79 Å². The first-order valence-corrected chi connectivity index (χ1v) is 8.00. The molecule has 25 heavy (non-hydrogen) atoms. The van der Waals surface area contributed by atoms with E-state index < -0.39 is 0 Å². The fraction of sp³-hybridized carbons (Fsp3) is 0.316. The summed E-state index contributed by atoms with van der Waals surface area (Å²) in [5.74, 6) is 2.88. The molecular weight excluding hydrogens is 322 g/mol. The smallest absolute Gasteiger partial charge is 0.254 e. The number of amides is 1. The molecule has 2 aliphatic heterocycles. The van der Waals surface area contributed by atoms with Crippen LogP contribution in [0.4, 0.5) is 0 Å². The third kappa shape index (κ3) is 2.06. The molecule has 0 N–H and O–H groups in total. The molecule has 130 valence electrons. The van der Waals surface area contributed by atoms with Crippen molar-refractivity contribution in [3.8, 4) is 28.7 Å². The highest BCUT2D eigenvalue weighted by Crippen LogP contribution is 2.53. The van der Waals surface area contributed by atoms with Crippen LogP contribution in [0.1, 0.15) is 27.5 Å². The maximum atomic E-state index is 12.6. The lowest BCUT2D eigenvalue weighted by Crippen LogP contribution is -2.24.